The van der Waals surface area contributed by atoms with Gasteiger partial charge in [-0.15, -0.1) is 0 Å². The van der Waals surface area contributed by atoms with Gasteiger partial charge in [0.1, 0.15) is 6.10 Å². The largest absolute Gasteiger partial charge is 0.462 e. The highest BCUT2D eigenvalue weighted by molar-refractivity contribution is 5.93. The molecule has 2 fully saturated rings. The summed E-state index contributed by atoms with van der Waals surface area (Å²) in [5.41, 5.74) is 1.98. The van der Waals surface area contributed by atoms with Crippen molar-refractivity contribution in [3.63, 3.8) is 0 Å². The molecule has 1 aromatic heterocycles. The van der Waals surface area contributed by atoms with Crippen LogP contribution in [0.5, 0.6) is 0 Å². The van der Waals surface area contributed by atoms with Gasteiger partial charge in [-0.05, 0) is 44.0 Å². The average Bonchev–Trinajstić information content (AvgIpc) is 3.35. The molecule has 1 saturated carbocycles. The number of pyridine rings is 1. The molecule has 26 heavy (non-hydrogen) atoms. The first-order valence-corrected chi connectivity index (χ1v) is 9.23. The molecule has 0 radical (unpaired) electrons. The van der Waals surface area contributed by atoms with Crippen molar-refractivity contribution in [2.45, 2.75) is 51.7 Å². The summed E-state index contributed by atoms with van der Waals surface area (Å²) in [4.78, 5) is 16.3. The minimum absolute atomic E-state index is 0.0817. The summed E-state index contributed by atoms with van der Waals surface area (Å²) < 4.78 is 11.1. The highest BCUT2D eigenvalue weighted by atomic mass is 16.6. The van der Waals surface area contributed by atoms with Crippen molar-refractivity contribution in [2.75, 3.05) is 6.61 Å². The average molecular weight is 349 g/mol. The maximum absolute atomic E-state index is 11.9. The molecule has 4 nitrogen and oxygen atoms in total. The van der Waals surface area contributed by atoms with Crippen LogP contribution in [0.25, 0.3) is 10.9 Å². The molecule has 4 rings (SSSR count). The quantitative estimate of drug-likeness (QED) is 0.465. The van der Waals surface area contributed by atoms with Crippen LogP contribution < -0.4 is 0 Å². The van der Waals surface area contributed by atoms with Crippen LogP contribution in [0.1, 0.15) is 56.0 Å². The van der Waals surface area contributed by atoms with Crippen molar-refractivity contribution in [1.29, 1.82) is 0 Å². The predicted octanol–water partition coefficient (Wildman–Crippen LogP) is 4.11. The van der Waals surface area contributed by atoms with E-state index in [9.17, 15) is 4.79 Å². The zero-order chi connectivity index (χ0) is 18.4. The molecule has 1 aliphatic carbocycles. The Morgan fingerprint density at radius 1 is 1.38 bits per heavy atom. The normalized spacial score (nSPS) is 25.7. The van der Waals surface area contributed by atoms with Crippen LogP contribution in [0, 0.1) is 17.3 Å². The van der Waals surface area contributed by atoms with Crippen molar-refractivity contribution in [3.8, 4) is 11.8 Å². The first kappa shape index (κ1) is 17.1. The second-order valence-corrected chi connectivity index (χ2v) is 7.72. The Hall–Kier alpha value is -2.38. The van der Waals surface area contributed by atoms with Crippen molar-refractivity contribution < 1.29 is 14.3 Å². The minimum Gasteiger partial charge on any atom is -0.462 e. The van der Waals surface area contributed by atoms with E-state index in [4.69, 9.17) is 9.47 Å². The van der Waals surface area contributed by atoms with Gasteiger partial charge < -0.3 is 9.47 Å². The van der Waals surface area contributed by atoms with Gasteiger partial charge in [-0.3, -0.25) is 4.98 Å². The molecule has 1 saturated heterocycles. The first-order valence-electron chi connectivity index (χ1n) is 9.23. The molecule has 0 amide bonds. The standard InChI is InChI=1S/C22H23NO3/c1-4-25-20(24)17-13-16-12-15(7-8-18(16)23-14-17)9-11-22-19(26-22)6-5-10-21(22,2)3/h7-8,12-14,19H,4-6,10H2,1-3H3. The number of aromatic nitrogens is 1. The van der Waals surface area contributed by atoms with Crippen LogP contribution in [0.4, 0.5) is 0 Å². The maximum atomic E-state index is 11.9. The van der Waals surface area contributed by atoms with Gasteiger partial charge in [0.15, 0.2) is 5.60 Å². The van der Waals surface area contributed by atoms with E-state index < -0.39 is 0 Å². The van der Waals surface area contributed by atoms with Crippen LogP contribution in [-0.2, 0) is 9.47 Å². The number of hydrogen-bond donors (Lipinski definition) is 0. The molecule has 2 aliphatic rings. The van der Waals surface area contributed by atoms with E-state index in [1.807, 2.05) is 24.3 Å². The number of ether oxygens (including phenoxy) is 2. The monoisotopic (exact) mass is 349 g/mol. The molecule has 4 heteroatoms. The smallest absolute Gasteiger partial charge is 0.339 e. The summed E-state index contributed by atoms with van der Waals surface area (Å²) in [6, 6.07) is 7.69. The van der Waals surface area contributed by atoms with E-state index in [1.165, 1.54) is 6.42 Å². The number of rotatable bonds is 2. The van der Waals surface area contributed by atoms with Crippen molar-refractivity contribution in [1.82, 2.24) is 4.98 Å². The maximum Gasteiger partial charge on any atom is 0.339 e. The number of nitrogens with zero attached hydrogens (tertiary/aromatic N) is 1. The van der Waals surface area contributed by atoms with Gasteiger partial charge in [-0.1, -0.05) is 32.1 Å². The summed E-state index contributed by atoms with van der Waals surface area (Å²) in [6.07, 6.45) is 5.28. The van der Waals surface area contributed by atoms with Crippen LogP contribution in [0.15, 0.2) is 30.5 Å². The zero-order valence-corrected chi connectivity index (χ0v) is 15.5. The van der Waals surface area contributed by atoms with Crippen molar-refractivity contribution in [3.05, 3.63) is 41.6 Å². The van der Waals surface area contributed by atoms with Crippen LogP contribution in [0.3, 0.4) is 0 Å². The summed E-state index contributed by atoms with van der Waals surface area (Å²) in [5, 5.41) is 0.885. The Kier molecular flexibility index (Phi) is 4.00. The topological polar surface area (TPSA) is 51.7 Å². The number of fused-ring (bicyclic) bond motifs is 2. The number of benzene rings is 1. The van der Waals surface area contributed by atoms with Crippen LogP contribution >= 0.6 is 0 Å². The lowest BCUT2D eigenvalue weighted by Gasteiger charge is -2.32. The van der Waals surface area contributed by atoms with E-state index in [-0.39, 0.29) is 23.1 Å². The number of carbonyl (C=O) groups excluding carboxylic acids is 1. The van der Waals surface area contributed by atoms with Crippen molar-refractivity contribution in [2.24, 2.45) is 5.41 Å². The van der Waals surface area contributed by atoms with Gasteiger partial charge in [0, 0.05) is 22.6 Å². The highest BCUT2D eigenvalue weighted by Gasteiger charge is 2.65. The molecule has 0 spiro atoms. The van der Waals surface area contributed by atoms with E-state index in [2.05, 4.69) is 30.7 Å². The van der Waals surface area contributed by atoms with Crippen molar-refractivity contribution >= 4 is 16.9 Å². The first-order chi connectivity index (χ1) is 12.4. The third-order valence-electron chi connectivity index (χ3n) is 5.58. The summed E-state index contributed by atoms with van der Waals surface area (Å²) >= 11 is 0. The Morgan fingerprint density at radius 2 is 2.23 bits per heavy atom. The van der Waals surface area contributed by atoms with Gasteiger partial charge in [0.05, 0.1) is 17.7 Å². The zero-order valence-electron chi connectivity index (χ0n) is 15.5. The summed E-state index contributed by atoms with van der Waals surface area (Å²) in [5.74, 6) is 6.36. The Balaban J connectivity index is 1.65. The van der Waals surface area contributed by atoms with E-state index >= 15 is 0 Å². The molecule has 2 aromatic rings. The fourth-order valence-electron chi connectivity index (χ4n) is 3.94. The Labute approximate surface area is 153 Å². The molecular weight excluding hydrogens is 326 g/mol. The van der Waals surface area contributed by atoms with E-state index in [1.54, 1.807) is 13.1 Å². The third-order valence-corrected chi connectivity index (χ3v) is 5.58. The predicted molar refractivity (Wildman–Crippen MR) is 99.8 cm³/mol. The lowest BCUT2D eigenvalue weighted by Crippen LogP contribution is -2.37. The minimum atomic E-state index is -0.351. The van der Waals surface area contributed by atoms with Crippen LogP contribution in [0.2, 0.25) is 0 Å². The van der Waals surface area contributed by atoms with Gasteiger partial charge >= 0.3 is 5.97 Å². The highest BCUT2D eigenvalue weighted by Crippen LogP contribution is 2.57. The summed E-state index contributed by atoms with van der Waals surface area (Å²) in [7, 11) is 0. The molecule has 2 unspecified atom stereocenters. The molecule has 0 N–H and O–H groups in total. The number of hydrogen-bond acceptors (Lipinski definition) is 4. The van der Waals surface area contributed by atoms with Gasteiger partial charge in [0.2, 0.25) is 0 Å². The SMILES string of the molecule is CCOC(=O)c1cnc2ccc(C#CC34OC3CCCC4(C)C)cc2c1. The fourth-order valence-corrected chi connectivity index (χ4v) is 3.94. The lowest BCUT2D eigenvalue weighted by molar-refractivity contribution is 0.0526. The van der Waals surface area contributed by atoms with E-state index in [0.29, 0.717) is 12.2 Å². The molecule has 134 valence electrons. The fraction of sp³-hybridized carbons (Fsp3) is 0.455. The second-order valence-electron chi connectivity index (χ2n) is 7.72. The summed E-state index contributed by atoms with van der Waals surface area (Å²) in [6.45, 7) is 6.63. The van der Waals surface area contributed by atoms with Gasteiger partial charge in [-0.25, -0.2) is 4.79 Å². The number of esters is 1. The molecule has 1 aliphatic heterocycles. The number of epoxide rings is 1. The van der Waals surface area contributed by atoms with Gasteiger partial charge in [0.25, 0.3) is 0 Å². The molecular formula is C22H23NO3. The molecule has 2 heterocycles. The van der Waals surface area contributed by atoms with Crippen LogP contribution in [-0.4, -0.2) is 29.3 Å². The van der Waals surface area contributed by atoms with E-state index in [0.717, 1.165) is 29.3 Å². The molecule has 1 aromatic carbocycles. The lowest BCUT2D eigenvalue weighted by atomic mass is 9.69. The Bertz CT molecular complexity index is 937. The second kappa shape index (κ2) is 6.10. The van der Waals surface area contributed by atoms with Gasteiger partial charge in [-0.2, -0.15) is 0 Å². The third kappa shape index (κ3) is 2.77. The Morgan fingerprint density at radius 3 is 3.00 bits per heavy atom. The molecule has 2 atom stereocenters. The molecule has 0 bridgehead atoms. The number of carbonyl (C=O) groups is 1.